The van der Waals surface area contributed by atoms with Gasteiger partial charge in [0.2, 0.25) is 11.9 Å². The minimum absolute atomic E-state index is 0.0325. The van der Waals surface area contributed by atoms with Crippen LogP contribution in [0.2, 0.25) is 51.4 Å². The second-order valence-electron chi connectivity index (χ2n) is 25.7. The van der Waals surface area contributed by atoms with Gasteiger partial charge in [0.05, 0.1) is 34.5 Å². The maximum Gasteiger partial charge on any atom is 0.407 e. The van der Waals surface area contributed by atoms with E-state index in [1.165, 1.54) is 5.56 Å². The van der Waals surface area contributed by atoms with Crippen LogP contribution in [-0.2, 0) is 32.4 Å². The molecule has 19 heteroatoms. The second kappa shape index (κ2) is 25.4. The molecule has 0 radical (unpaired) electrons. The Morgan fingerprint density at radius 3 is 1.45 bits per heavy atom. The zero-order chi connectivity index (χ0) is 56.7. The molecule has 2 aliphatic rings. The summed E-state index contributed by atoms with van der Waals surface area (Å²) in [5, 5.41) is 15.3. The van der Waals surface area contributed by atoms with Gasteiger partial charge in [0, 0.05) is 92.6 Å². The van der Waals surface area contributed by atoms with E-state index in [1.54, 1.807) is 0 Å². The Bertz CT molecular complexity index is 2830. The Morgan fingerprint density at radius 2 is 1.03 bits per heavy atom. The number of rotatable bonds is 18. The van der Waals surface area contributed by atoms with Crippen LogP contribution >= 0.6 is 15.9 Å². The Labute approximate surface area is 473 Å². The van der Waals surface area contributed by atoms with Crippen LogP contribution in [0.4, 0.5) is 21.5 Å². The van der Waals surface area contributed by atoms with E-state index in [9.17, 15) is 9.59 Å². The highest BCUT2D eigenvalue weighted by molar-refractivity contribution is 9.10. The lowest BCUT2D eigenvalue weighted by atomic mass is 10.1. The molecule has 0 bridgehead atoms. The number of aryl methyl sites for hydroxylation is 3. The first-order valence-electron chi connectivity index (χ1n) is 27.8. The highest BCUT2D eigenvalue weighted by Crippen LogP contribution is 2.36. The zero-order valence-electron chi connectivity index (χ0n) is 49.1. The lowest BCUT2D eigenvalue weighted by Crippen LogP contribution is -2.45. The maximum atomic E-state index is 12.4. The molecule has 0 unspecified atom stereocenters. The first-order chi connectivity index (χ1) is 36.6. The number of hydrogen-bond donors (Lipinski definition) is 4. The van der Waals surface area contributed by atoms with E-state index in [-0.39, 0.29) is 30.3 Å². The number of carbonyl (C=O) groups excluding carboxylic acids is 2. The molecule has 4 aromatic heterocycles. The minimum atomic E-state index is -1.16. The van der Waals surface area contributed by atoms with Crippen molar-refractivity contribution >= 4 is 78.0 Å². The molecule has 2 saturated carbocycles. The van der Waals surface area contributed by atoms with Gasteiger partial charge in [-0.2, -0.15) is 0 Å². The third-order valence-corrected chi connectivity index (χ3v) is 17.8. The number of amides is 2. The Balaban J connectivity index is 0.000000226. The molecule has 0 saturated heterocycles. The summed E-state index contributed by atoms with van der Waals surface area (Å²) >= 11 is 3.63. The van der Waals surface area contributed by atoms with E-state index in [4.69, 9.17) is 28.9 Å². The summed E-state index contributed by atoms with van der Waals surface area (Å²) in [5.74, 6) is 1.13. The van der Waals surface area contributed by atoms with Gasteiger partial charge < -0.3 is 49.3 Å². The van der Waals surface area contributed by atoms with Gasteiger partial charge in [0.25, 0.3) is 0 Å². The molecule has 16 nitrogen and oxygen atoms in total. The smallest absolute Gasteiger partial charge is 0.407 e. The van der Waals surface area contributed by atoms with Crippen LogP contribution in [0.3, 0.4) is 0 Å². The third-order valence-electron chi connectivity index (χ3n) is 13.9. The number of fused-ring (bicyclic) bond motifs is 2. The fraction of sp³-hybridized carbons (Fsp3) is 0.559. The van der Waals surface area contributed by atoms with Crippen molar-refractivity contribution in [3.63, 3.8) is 0 Å². The molecular formula is C59H87BrN10O6Si2. The molecule has 6 aromatic rings. The van der Waals surface area contributed by atoms with E-state index in [0.29, 0.717) is 25.4 Å². The third kappa shape index (κ3) is 17.3. The minimum Gasteiger partial charge on any atom is -0.444 e. The number of halogens is 1. The quantitative estimate of drug-likeness (QED) is 0.0473. The van der Waals surface area contributed by atoms with Gasteiger partial charge in [-0.05, 0) is 148 Å². The molecule has 2 aliphatic carbocycles. The molecule has 78 heavy (non-hydrogen) atoms. The average molecular weight is 1170 g/mol. The molecule has 4 atom stereocenters. The van der Waals surface area contributed by atoms with Crippen molar-refractivity contribution in [2.24, 2.45) is 0 Å². The molecule has 2 fully saturated rings. The fourth-order valence-electron chi connectivity index (χ4n) is 9.77. The number of alkyl carbamates (subject to hydrolysis) is 2. The summed E-state index contributed by atoms with van der Waals surface area (Å²) in [6, 6.07) is 15.1. The van der Waals surface area contributed by atoms with Gasteiger partial charge in [-0.1, -0.05) is 73.4 Å². The molecule has 4 heterocycles. The summed E-state index contributed by atoms with van der Waals surface area (Å²) in [7, 11) is -2.30. The van der Waals surface area contributed by atoms with Crippen molar-refractivity contribution in [3.05, 3.63) is 82.3 Å². The van der Waals surface area contributed by atoms with Crippen LogP contribution in [0.15, 0.2) is 65.7 Å². The van der Waals surface area contributed by atoms with Gasteiger partial charge >= 0.3 is 12.2 Å². The number of anilines is 2. The first-order valence-corrected chi connectivity index (χ1v) is 36.0. The normalized spacial score (nSPS) is 17.9. The Hall–Kier alpha value is -5.35. The van der Waals surface area contributed by atoms with E-state index >= 15 is 0 Å². The topological polar surface area (TPSA) is 181 Å². The van der Waals surface area contributed by atoms with Gasteiger partial charge in [0.15, 0.2) is 0 Å². The van der Waals surface area contributed by atoms with Crippen LogP contribution in [0, 0.1) is 20.8 Å². The van der Waals surface area contributed by atoms with Crippen LogP contribution in [0.5, 0.6) is 0 Å². The van der Waals surface area contributed by atoms with E-state index < -0.39 is 33.4 Å². The number of hydrogen-bond acceptors (Lipinski definition) is 12. The van der Waals surface area contributed by atoms with Crippen LogP contribution in [0.1, 0.15) is 96.8 Å². The van der Waals surface area contributed by atoms with Crippen molar-refractivity contribution < 1.29 is 28.5 Å². The van der Waals surface area contributed by atoms with Crippen molar-refractivity contribution in [2.75, 3.05) is 23.8 Å². The van der Waals surface area contributed by atoms with Crippen LogP contribution in [0.25, 0.3) is 44.3 Å². The van der Waals surface area contributed by atoms with Crippen LogP contribution < -0.4 is 21.3 Å². The molecular weight excluding hydrogens is 1080 g/mol. The molecule has 424 valence electrons. The monoisotopic (exact) mass is 1170 g/mol. The molecule has 4 N–H and O–H groups in total. The number of ether oxygens (including phenoxy) is 4. The summed E-state index contributed by atoms with van der Waals surface area (Å²) in [6.45, 7) is 34.2. The highest BCUT2D eigenvalue weighted by Gasteiger charge is 2.33. The number of nitrogens with one attached hydrogen (secondary N) is 4. The number of carbonyl (C=O) groups is 2. The summed E-state index contributed by atoms with van der Waals surface area (Å²) < 4.78 is 28.5. The molecule has 2 amide bonds. The lowest BCUT2D eigenvalue weighted by Gasteiger charge is -2.25. The van der Waals surface area contributed by atoms with Gasteiger partial charge in [-0.15, -0.1) is 0 Å². The van der Waals surface area contributed by atoms with E-state index in [1.807, 2.05) is 67.8 Å². The van der Waals surface area contributed by atoms with Crippen molar-refractivity contribution in [2.45, 2.75) is 201 Å². The lowest BCUT2D eigenvalue weighted by molar-refractivity contribution is 0.0491. The van der Waals surface area contributed by atoms with E-state index in [2.05, 4.69) is 151 Å². The van der Waals surface area contributed by atoms with Crippen molar-refractivity contribution in [1.29, 1.82) is 0 Å². The Morgan fingerprint density at radius 1 is 0.615 bits per heavy atom. The van der Waals surface area contributed by atoms with E-state index in [0.717, 1.165) is 124 Å². The van der Waals surface area contributed by atoms with Gasteiger partial charge in [-0.25, -0.2) is 29.5 Å². The fourth-order valence-corrected chi connectivity index (χ4v) is 11.6. The van der Waals surface area contributed by atoms with Crippen molar-refractivity contribution in [1.82, 2.24) is 39.7 Å². The number of benzene rings is 2. The highest BCUT2D eigenvalue weighted by atomic mass is 79.9. The summed E-state index contributed by atoms with van der Waals surface area (Å²) in [6.07, 6.45) is 12.9. The second-order valence-corrected chi connectivity index (χ2v) is 37.9. The molecule has 2 aromatic carbocycles. The molecule has 0 aliphatic heterocycles. The standard InChI is InChI=1S/C30H45N5O3Si.C29H42BrN5O3Si/c1-20-12-13-22-23(18-35(26(22)16-20)19-37-14-15-39(6,7)8)27-21(2)17-31-28(34-27)32-24-10-9-11-25(24)33-29(36)38-30(3,4)5;1-19-16-31-27(32-23-9-8-10-24(23)33-28(36)38-29(2,3)4)34-26(19)22-17-35(18-37-13-14-39(5,6)7)25-15-20(30)11-12-21(22)25/h12-13,16-18,24-25H,9-11,14-15,19H2,1-8H3,(H,33,36)(H,31,32,34);11-12,15-17,23-24H,8-10,13-14,18H2,1-7H3,(H,33,36)(H,31,32,34)/t24-,25-;23-,24-/m00/s1. The Kier molecular flexibility index (Phi) is 19.6. The van der Waals surface area contributed by atoms with Crippen LogP contribution in [-0.4, -0.2) is 106 Å². The maximum absolute atomic E-state index is 12.4. The van der Waals surface area contributed by atoms with Gasteiger partial charge in [0.1, 0.15) is 24.7 Å². The molecule has 8 rings (SSSR count). The largest absolute Gasteiger partial charge is 0.444 e. The van der Waals surface area contributed by atoms with Crippen molar-refractivity contribution in [3.8, 4) is 22.5 Å². The predicted octanol–water partition coefficient (Wildman–Crippen LogP) is 14.2. The summed E-state index contributed by atoms with van der Waals surface area (Å²) in [4.78, 5) is 43.9. The average Bonchev–Trinajstić information content (AvgIpc) is 4.12. The zero-order valence-corrected chi connectivity index (χ0v) is 52.7. The predicted molar refractivity (Wildman–Crippen MR) is 325 cm³/mol. The van der Waals surface area contributed by atoms with Gasteiger partial charge in [-0.3, -0.25) is 0 Å². The summed E-state index contributed by atoms with van der Waals surface area (Å²) in [5.41, 5.74) is 8.29. The number of aromatic nitrogens is 6. The number of nitrogens with zero attached hydrogens (tertiary/aromatic N) is 6. The SMILES string of the molecule is Cc1ccc2c(-c3nc(N[C@H]4CCC[C@@H]4NC(=O)OC(C)(C)C)ncc3C)cn(COCC[Si](C)(C)C)c2c1.Cc1cnc(N[C@H]2CCC[C@@H]2NC(=O)OC(C)(C)C)nc1-c1cn(COCC[Si](C)(C)C)c2cc(Br)ccc12. The first kappa shape index (κ1) is 60.3. The molecule has 0 spiro atoms.